The van der Waals surface area contributed by atoms with E-state index in [1.807, 2.05) is 22.7 Å². The van der Waals surface area contributed by atoms with Gasteiger partial charge < -0.3 is 9.38 Å². The number of anilines is 2. The van der Waals surface area contributed by atoms with E-state index in [0.717, 1.165) is 0 Å². The Labute approximate surface area is 403 Å². The molecule has 0 N–H and O–H groups in total. The lowest BCUT2D eigenvalue weighted by Crippen LogP contribution is -2.60. The molecule has 0 fully saturated rings. The summed E-state index contributed by atoms with van der Waals surface area (Å²) >= 11 is 3.97. The summed E-state index contributed by atoms with van der Waals surface area (Å²) in [4.78, 5) is 2.81. The van der Waals surface area contributed by atoms with Crippen molar-refractivity contribution in [1.29, 1.82) is 0 Å². The van der Waals surface area contributed by atoms with Gasteiger partial charge >= 0.3 is 6.85 Å². The van der Waals surface area contributed by atoms with E-state index in [4.69, 9.17) is 0 Å². The molecule has 0 unspecified atom stereocenters. The number of fused-ring (bicyclic) bond motifs is 18. The van der Waals surface area contributed by atoms with Gasteiger partial charge in [0.25, 0.3) is 0 Å². The van der Waals surface area contributed by atoms with Gasteiger partial charge in [-0.2, -0.15) is 0 Å². The summed E-state index contributed by atoms with van der Waals surface area (Å²) in [6.07, 6.45) is 4.73. The highest BCUT2D eigenvalue weighted by Gasteiger charge is 2.48. The van der Waals surface area contributed by atoms with Crippen LogP contribution in [0.5, 0.6) is 0 Å². The molecule has 0 spiro atoms. The summed E-state index contributed by atoms with van der Waals surface area (Å²) < 4.78 is 8.29. The topological polar surface area (TPSA) is 8.17 Å². The summed E-state index contributed by atoms with van der Waals surface area (Å²) in [7, 11) is 0. The summed E-state index contributed by atoms with van der Waals surface area (Å²) in [6.45, 7) is 26.9. The van der Waals surface area contributed by atoms with Crippen LogP contribution in [0.3, 0.4) is 0 Å². The number of nitrogens with zero attached hydrogens (tertiary/aromatic N) is 2. The molecule has 67 heavy (non-hydrogen) atoms. The molecule has 3 aromatic heterocycles. The molecule has 5 heteroatoms. The van der Waals surface area contributed by atoms with Gasteiger partial charge in [0.2, 0.25) is 0 Å². The van der Waals surface area contributed by atoms with Gasteiger partial charge in [-0.05, 0) is 152 Å². The van der Waals surface area contributed by atoms with Gasteiger partial charge in [0.1, 0.15) is 0 Å². The maximum Gasteiger partial charge on any atom is 0.333 e. The third kappa shape index (κ3) is 5.29. The Hall–Kier alpha value is -5.36. The standard InChI is InChI=1S/C62H59BN2S2/c1-58(2,3)34-20-22-35(23-21-34)65-47-32-44-42(60(6,7)25-27-62(44,10)11)29-40(47)52-53-37-17-13-15-19-50(37)67-57(53)54-39-28-41-43(61(8,9)26-24-59(41,4)5)31-46(39)64-48-33-51-38(36-16-12-14-18-49(36)66-51)30-45(48)63(65)55(52)56(54)64/h12-23,28-33H,24-27H2,1-11H3. The van der Waals surface area contributed by atoms with Gasteiger partial charge in [-0.1, -0.05) is 131 Å². The van der Waals surface area contributed by atoms with E-state index < -0.39 is 0 Å². The monoisotopic (exact) mass is 906 g/mol. The average Bonchev–Trinajstić information content (AvgIpc) is 3.97. The van der Waals surface area contributed by atoms with E-state index in [0.29, 0.717) is 0 Å². The average molecular weight is 907 g/mol. The molecule has 0 saturated carbocycles. The summed E-state index contributed by atoms with van der Waals surface area (Å²) in [5.74, 6) is 0. The largest absolute Gasteiger partial charge is 0.376 e. The molecule has 0 radical (unpaired) electrons. The molecule has 14 rings (SSSR count). The second-order valence-electron chi connectivity index (χ2n) is 24.6. The van der Waals surface area contributed by atoms with E-state index >= 15 is 0 Å². The molecule has 2 nitrogen and oxygen atoms in total. The van der Waals surface area contributed by atoms with Gasteiger partial charge in [0, 0.05) is 73.7 Å². The van der Waals surface area contributed by atoms with E-state index in [1.54, 1.807) is 0 Å². The SMILES string of the molecule is CC(C)(C)c1ccc(N2B3c4cc5c(cc4-n4c6cc7c(cc6c6c8sc9ccccc9c8c(c3c64)-c3cc4c(cc32)C(C)(C)CCC4(C)C)C(C)(C)CCC7(C)C)sc2ccccc25)cc1. The van der Waals surface area contributed by atoms with Crippen LogP contribution >= 0.6 is 22.7 Å². The van der Waals surface area contributed by atoms with Crippen LogP contribution < -0.4 is 15.7 Å². The second kappa shape index (κ2) is 12.8. The van der Waals surface area contributed by atoms with Gasteiger partial charge in [0.05, 0.1) is 11.0 Å². The van der Waals surface area contributed by atoms with E-state index in [9.17, 15) is 0 Å². The Morgan fingerprint density at radius 3 is 1.76 bits per heavy atom. The van der Waals surface area contributed by atoms with E-state index in [2.05, 4.69) is 195 Å². The van der Waals surface area contributed by atoms with Crippen molar-refractivity contribution in [2.45, 2.75) is 129 Å². The van der Waals surface area contributed by atoms with Gasteiger partial charge in [0.15, 0.2) is 0 Å². The summed E-state index contributed by atoms with van der Waals surface area (Å²) in [6, 6.07) is 44.1. The number of hydrogen-bond donors (Lipinski definition) is 0. The minimum absolute atomic E-state index is 0.0453. The third-order valence-electron chi connectivity index (χ3n) is 17.6. The van der Waals surface area contributed by atoms with Crippen LogP contribution in [0.25, 0.3) is 79.0 Å². The first-order chi connectivity index (χ1) is 31.8. The van der Waals surface area contributed by atoms with Crippen LogP contribution in [0.1, 0.15) is 130 Å². The highest BCUT2D eigenvalue weighted by atomic mass is 32.1. The maximum atomic E-state index is 2.81. The normalized spacial score (nSPS) is 18.6. The number of benzene rings is 7. The lowest BCUT2D eigenvalue weighted by atomic mass is 9.43. The number of aromatic nitrogens is 1. The van der Waals surface area contributed by atoms with Crippen molar-refractivity contribution in [3.8, 4) is 16.8 Å². The number of hydrogen-bond acceptors (Lipinski definition) is 3. The predicted octanol–water partition coefficient (Wildman–Crippen LogP) is 16.8. The fourth-order valence-corrected chi connectivity index (χ4v) is 15.9. The predicted molar refractivity (Wildman–Crippen MR) is 295 cm³/mol. The fraction of sp³-hybridized carbons (Fsp3) is 0.323. The van der Waals surface area contributed by atoms with Crippen LogP contribution in [0.15, 0.2) is 109 Å². The zero-order chi connectivity index (χ0) is 46.1. The Balaban J connectivity index is 1.25. The highest BCUT2D eigenvalue weighted by Crippen LogP contribution is 2.57. The molecule has 0 saturated heterocycles. The Bertz CT molecular complexity index is 3860. The van der Waals surface area contributed by atoms with E-state index in [1.165, 1.54) is 155 Å². The quantitative estimate of drug-likeness (QED) is 0.149. The van der Waals surface area contributed by atoms with Crippen molar-refractivity contribution in [2.24, 2.45) is 0 Å². The minimum Gasteiger partial charge on any atom is -0.376 e. The van der Waals surface area contributed by atoms with Crippen LogP contribution in [-0.2, 0) is 27.1 Å². The summed E-state index contributed by atoms with van der Waals surface area (Å²) in [5, 5.41) is 8.37. The lowest BCUT2D eigenvalue weighted by Gasteiger charge is -2.46. The zero-order valence-electron chi connectivity index (χ0n) is 41.0. The van der Waals surface area contributed by atoms with Crippen LogP contribution in [-0.4, -0.2) is 11.4 Å². The Morgan fingerprint density at radius 1 is 0.522 bits per heavy atom. The zero-order valence-corrected chi connectivity index (χ0v) is 42.6. The Kier molecular flexibility index (Phi) is 7.80. The van der Waals surface area contributed by atoms with Crippen molar-refractivity contribution in [1.82, 2.24) is 4.57 Å². The van der Waals surface area contributed by atoms with Crippen molar-refractivity contribution >= 4 is 114 Å². The molecular formula is C62H59BN2S2. The number of rotatable bonds is 1. The fourth-order valence-electron chi connectivity index (χ4n) is 13.5. The molecule has 5 heterocycles. The molecule has 0 atom stereocenters. The van der Waals surface area contributed by atoms with Gasteiger partial charge in [-0.15, -0.1) is 22.7 Å². The molecule has 10 aromatic rings. The minimum atomic E-state index is -0.0660. The molecule has 332 valence electrons. The third-order valence-corrected chi connectivity index (χ3v) is 20.0. The Morgan fingerprint density at radius 2 is 1.10 bits per heavy atom. The van der Waals surface area contributed by atoms with E-state index in [-0.39, 0.29) is 33.9 Å². The van der Waals surface area contributed by atoms with Crippen molar-refractivity contribution in [3.63, 3.8) is 0 Å². The highest BCUT2D eigenvalue weighted by molar-refractivity contribution is 7.27. The maximum absolute atomic E-state index is 2.81. The molecular weight excluding hydrogens is 848 g/mol. The number of thiophene rings is 2. The van der Waals surface area contributed by atoms with Gasteiger partial charge in [-0.25, -0.2) is 0 Å². The van der Waals surface area contributed by atoms with Crippen LogP contribution in [0.2, 0.25) is 0 Å². The molecule has 2 aliphatic heterocycles. The first kappa shape index (κ1) is 40.7. The van der Waals surface area contributed by atoms with Crippen molar-refractivity contribution in [2.75, 3.05) is 4.81 Å². The molecule has 0 bridgehead atoms. The van der Waals surface area contributed by atoms with Crippen LogP contribution in [0, 0.1) is 0 Å². The first-order valence-corrected chi connectivity index (χ1v) is 26.5. The lowest BCUT2D eigenvalue weighted by molar-refractivity contribution is 0.332. The molecule has 2 aliphatic carbocycles. The smallest absolute Gasteiger partial charge is 0.333 e. The van der Waals surface area contributed by atoms with Crippen LogP contribution in [0.4, 0.5) is 11.4 Å². The second-order valence-corrected chi connectivity index (χ2v) is 26.7. The summed E-state index contributed by atoms with van der Waals surface area (Å²) in [5.41, 5.74) is 20.1. The molecule has 4 aliphatic rings. The van der Waals surface area contributed by atoms with Gasteiger partial charge in [-0.3, -0.25) is 0 Å². The molecule has 7 aromatic carbocycles. The van der Waals surface area contributed by atoms with Crippen molar-refractivity contribution < 1.29 is 0 Å². The van der Waals surface area contributed by atoms with Crippen molar-refractivity contribution in [3.05, 3.63) is 137 Å². The first-order valence-electron chi connectivity index (χ1n) is 24.9. The molecule has 0 amide bonds.